The quantitative estimate of drug-likeness (QED) is 0.826. The Labute approximate surface area is 116 Å². The number of rotatable bonds is 6. The first-order chi connectivity index (χ1) is 9.00. The lowest BCUT2D eigenvalue weighted by Gasteiger charge is -2.21. The molecule has 1 aromatic carbocycles. The number of nitrogens with zero attached hydrogens (tertiary/aromatic N) is 1. The van der Waals surface area contributed by atoms with Crippen LogP contribution in [0.2, 0.25) is 0 Å². The molecule has 1 rings (SSSR count). The number of carbonyl (C=O) groups is 1. The Bertz CT molecular complexity index is 378. The van der Waals surface area contributed by atoms with Crippen LogP contribution in [0.5, 0.6) is 0 Å². The standard InChI is InChI=1S/C15H25N3O/c1-12(2)14(16)9-10-18(3)15(19)17-11-13-7-5-4-6-8-13/h4-8,12,14H,9-11,16H2,1-3H3,(H,17,19). The van der Waals surface area contributed by atoms with E-state index < -0.39 is 0 Å². The molecule has 1 unspecified atom stereocenters. The van der Waals surface area contributed by atoms with E-state index in [4.69, 9.17) is 5.73 Å². The van der Waals surface area contributed by atoms with Crippen LogP contribution < -0.4 is 11.1 Å². The highest BCUT2D eigenvalue weighted by Gasteiger charge is 2.12. The van der Waals surface area contributed by atoms with Crippen molar-refractivity contribution in [2.45, 2.75) is 32.9 Å². The van der Waals surface area contributed by atoms with Gasteiger partial charge in [0, 0.05) is 26.2 Å². The number of carbonyl (C=O) groups excluding carboxylic acids is 1. The predicted molar refractivity (Wildman–Crippen MR) is 78.7 cm³/mol. The number of benzene rings is 1. The van der Waals surface area contributed by atoms with Crippen LogP contribution in [0.1, 0.15) is 25.8 Å². The lowest BCUT2D eigenvalue weighted by molar-refractivity contribution is 0.205. The van der Waals surface area contributed by atoms with Crippen molar-refractivity contribution in [2.75, 3.05) is 13.6 Å². The third-order valence-electron chi connectivity index (χ3n) is 3.29. The van der Waals surface area contributed by atoms with Crippen LogP contribution in [0.15, 0.2) is 30.3 Å². The molecule has 0 aromatic heterocycles. The van der Waals surface area contributed by atoms with Crippen molar-refractivity contribution in [3.63, 3.8) is 0 Å². The van der Waals surface area contributed by atoms with Crippen LogP contribution in [0.4, 0.5) is 4.79 Å². The smallest absolute Gasteiger partial charge is 0.317 e. The first-order valence-corrected chi connectivity index (χ1v) is 6.79. The molecule has 3 N–H and O–H groups in total. The van der Waals surface area contributed by atoms with Gasteiger partial charge in [-0.15, -0.1) is 0 Å². The number of hydrogen-bond donors (Lipinski definition) is 2. The van der Waals surface area contributed by atoms with Gasteiger partial charge in [-0.1, -0.05) is 44.2 Å². The summed E-state index contributed by atoms with van der Waals surface area (Å²) in [6, 6.07) is 9.97. The Kier molecular flexibility index (Phi) is 6.36. The number of hydrogen-bond acceptors (Lipinski definition) is 2. The van der Waals surface area contributed by atoms with Crippen LogP contribution in [0.3, 0.4) is 0 Å². The highest BCUT2D eigenvalue weighted by atomic mass is 16.2. The molecule has 0 aliphatic rings. The molecule has 4 nitrogen and oxygen atoms in total. The van der Waals surface area contributed by atoms with E-state index in [0.717, 1.165) is 12.0 Å². The Morgan fingerprint density at radius 3 is 2.53 bits per heavy atom. The van der Waals surface area contributed by atoms with Crippen LogP contribution >= 0.6 is 0 Å². The number of nitrogens with one attached hydrogen (secondary N) is 1. The van der Waals surface area contributed by atoms with Crippen LogP contribution in [-0.2, 0) is 6.54 Å². The molecular weight excluding hydrogens is 238 g/mol. The highest BCUT2D eigenvalue weighted by Crippen LogP contribution is 2.04. The molecule has 2 amide bonds. The van der Waals surface area contributed by atoms with E-state index in [0.29, 0.717) is 19.0 Å². The maximum absolute atomic E-state index is 11.9. The lowest BCUT2D eigenvalue weighted by atomic mass is 10.0. The molecule has 106 valence electrons. The Morgan fingerprint density at radius 1 is 1.32 bits per heavy atom. The monoisotopic (exact) mass is 263 g/mol. The van der Waals surface area contributed by atoms with Gasteiger partial charge in [0.2, 0.25) is 0 Å². The molecule has 0 saturated heterocycles. The van der Waals surface area contributed by atoms with Gasteiger partial charge in [-0.2, -0.15) is 0 Å². The molecule has 0 aliphatic heterocycles. The minimum Gasteiger partial charge on any atom is -0.334 e. The molecule has 0 aliphatic carbocycles. The van der Waals surface area contributed by atoms with Gasteiger partial charge >= 0.3 is 6.03 Å². The fourth-order valence-corrected chi connectivity index (χ4v) is 1.69. The van der Waals surface area contributed by atoms with Crippen LogP contribution in [0, 0.1) is 5.92 Å². The number of urea groups is 1. The number of nitrogens with two attached hydrogens (primary N) is 1. The molecule has 19 heavy (non-hydrogen) atoms. The average Bonchev–Trinajstić information content (AvgIpc) is 2.42. The summed E-state index contributed by atoms with van der Waals surface area (Å²) in [6.07, 6.45) is 0.826. The molecule has 4 heteroatoms. The van der Waals surface area contributed by atoms with Gasteiger partial charge < -0.3 is 16.0 Å². The van der Waals surface area contributed by atoms with Gasteiger partial charge in [0.15, 0.2) is 0 Å². The first kappa shape index (κ1) is 15.5. The molecule has 0 radical (unpaired) electrons. The molecular formula is C15H25N3O. The Balaban J connectivity index is 2.29. The zero-order valence-corrected chi connectivity index (χ0v) is 12.1. The maximum Gasteiger partial charge on any atom is 0.317 e. The van der Waals surface area contributed by atoms with E-state index in [2.05, 4.69) is 19.2 Å². The zero-order valence-electron chi connectivity index (χ0n) is 12.1. The highest BCUT2D eigenvalue weighted by molar-refractivity contribution is 5.73. The SMILES string of the molecule is CC(C)C(N)CCN(C)C(=O)NCc1ccccc1. The van der Waals surface area contributed by atoms with Gasteiger partial charge in [-0.25, -0.2) is 4.79 Å². The second-order valence-corrected chi connectivity index (χ2v) is 5.26. The summed E-state index contributed by atoms with van der Waals surface area (Å²) < 4.78 is 0. The van der Waals surface area contributed by atoms with Crippen molar-refractivity contribution in [2.24, 2.45) is 11.7 Å². The number of amides is 2. The van der Waals surface area contributed by atoms with Crippen molar-refractivity contribution in [1.82, 2.24) is 10.2 Å². The zero-order chi connectivity index (χ0) is 14.3. The second-order valence-electron chi connectivity index (χ2n) is 5.26. The molecule has 0 saturated carbocycles. The van der Waals surface area contributed by atoms with Crippen LogP contribution in [-0.4, -0.2) is 30.6 Å². The van der Waals surface area contributed by atoms with Crippen molar-refractivity contribution < 1.29 is 4.79 Å². The molecule has 0 heterocycles. The molecule has 0 fully saturated rings. The largest absolute Gasteiger partial charge is 0.334 e. The molecule has 0 spiro atoms. The van der Waals surface area contributed by atoms with Gasteiger partial charge in [0.1, 0.15) is 0 Å². The van der Waals surface area contributed by atoms with E-state index in [-0.39, 0.29) is 12.1 Å². The third kappa shape index (κ3) is 5.75. The summed E-state index contributed by atoms with van der Waals surface area (Å²) in [5.74, 6) is 0.445. The summed E-state index contributed by atoms with van der Waals surface area (Å²) in [6.45, 7) is 5.43. The molecule has 0 bridgehead atoms. The second kappa shape index (κ2) is 7.79. The molecule has 1 aromatic rings. The summed E-state index contributed by atoms with van der Waals surface area (Å²) in [7, 11) is 1.80. The minimum atomic E-state index is -0.0557. The summed E-state index contributed by atoms with van der Waals surface area (Å²) in [4.78, 5) is 13.6. The van der Waals surface area contributed by atoms with E-state index >= 15 is 0 Å². The summed E-state index contributed by atoms with van der Waals surface area (Å²) in [5.41, 5.74) is 7.07. The fourth-order valence-electron chi connectivity index (χ4n) is 1.69. The van der Waals surface area contributed by atoms with Crippen molar-refractivity contribution in [3.05, 3.63) is 35.9 Å². The normalized spacial score (nSPS) is 12.3. The fraction of sp³-hybridized carbons (Fsp3) is 0.533. The van der Waals surface area contributed by atoms with E-state index in [1.807, 2.05) is 30.3 Å². The van der Waals surface area contributed by atoms with Gasteiger partial charge in [0.05, 0.1) is 0 Å². The lowest BCUT2D eigenvalue weighted by Crippen LogP contribution is -2.40. The topological polar surface area (TPSA) is 58.4 Å². The third-order valence-corrected chi connectivity index (χ3v) is 3.29. The van der Waals surface area contributed by atoms with Gasteiger partial charge in [0.25, 0.3) is 0 Å². The maximum atomic E-state index is 11.9. The van der Waals surface area contributed by atoms with E-state index in [9.17, 15) is 4.79 Å². The van der Waals surface area contributed by atoms with E-state index in [1.54, 1.807) is 11.9 Å². The Morgan fingerprint density at radius 2 is 1.95 bits per heavy atom. The summed E-state index contributed by atoms with van der Waals surface area (Å²) in [5, 5.41) is 2.90. The summed E-state index contributed by atoms with van der Waals surface area (Å²) >= 11 is 0. The van der Waals surface area contributed by atoms with Crippen molar-refractivity contribution in [1.29, 1.82) is 0 Å². The molecule has 1 atom stereocenters. The van der Waals surface area contributed by atoms with E-state index in [1.165, 1.54) is 0 Å². The first-order valence-electron chi connectivity index (χ1n) is 6.79. The van der Waals surface area contributed by atoms with Crippen LogP contribution in [0.25, 0.3) is 0 Å². The van der Waals surface area contributed by atoms with Crippen molar-refractivity contribution >= 4 is 6.03 Å². The van der Waals surface area contributed by atoms with Crippen molar-refractivity contribution in [3.8, 4) is 0 Å². The minimum absolute atomic E-state index is 0.0557. The van der Waals surface area contributed by atoms with Gasteiger partial charge in [-0.05, 0) is 17.9 Å². The predicted octanol–water partition coefficient (Wildman–Crippen LogP) is 2.20. The average molecular weight is 263 g/mol. The van der Waals surface area contributed by atoms with Gasteiger partial charge in [-0.3, -0.25) is 0 Å². The Hall–Kier alpha value is -1.55.